The number of carbonyl (C=O) groups is 1. The minimum atomic E-state index is -1.12. The number of aromatic carboxylic acids is 1. The summed E-state index contributed by atoms with van der Waals surface area (Å²) in [5.74, 6) is -1.01. The molecular weight excluding hydrogens is 302 g/mol. The van der Waals surface area contributed by atoms with Crippen LogP contribution in [0.3, 0.4) is 0 Å². The van der Waals surface area contributed by atoms with Gasteiger partial charge < -0.3 is 9.52 Å². The van der Waals surface area contributed by atoms with E-state index in [4.69, 9.17) is 4.42 Å². The maximum Gasteiger partial charge on any atom is 0.336 e. The zero-order valence-corrected chi connectivity index (χ0v) is 11.5. The molecule has 1 aromatic heterocycles. The number of rotatable bonds is 4. The zero-order chi connectivity index (χ0) is 16.4. The first-order valence-corrected chi connectivity index (χ1v) is 6.47. The molecule has 3 rings (SSSR count). The van der Waals surface area contributed by atoms with Crippen molar-refractivity contribution in [1.82, 2.24) is 10.2 Å². The predicted octanol–water partition coefficient (Wildman–Crippen LogP) is 3.01. The molecule has 0 amide bonds. The van der Waals surface area contributed by atoms with Gasteiger partial charge in [0.05, 0.1) is 16.1 Å². The molecule has 23 heavy (non-hydrogen) atoms. The fraction of sp³-hybridized carbons (Fsp3) is 0. The molecule has 0 aliphatic carbocycles. The van der Waals surface area contributed by atoms with E-state index < -0.39 is 10.9 Å². The quantitative estimate of drug-likeness (QED) is 0.580. The van der Waals surface area contributed by atoms with Gasteiger partial charge in [-0.1, -0.05) is 18.2 Å². The van der Waals surface area contributed by atoms with Gasteiger partial charge in [0.2, 0.25) is 11.8 Å². The van der Waals surface area contributed by atoms with Gasteiger partial charge in [-0.25, -0.2) is 4.79 Å². The van der Waals surface area contributed by atoms with Crippen LogP contribution < -0.4 is 0 Å². The van der Waals surface area contributed by atoms with Crippen LogP contribution >= 0.6 is 0 Å². The minimum Gasteiger partial charge on any atom is -0.478 e. The summed E-state index contributed by atoms with van der Waals surface area (Å²) in [4.78, 5) is 21.5. The standard InChI is InChI=1S/C15H9N3O5/c19-15(20)12-7-2-1-6-11(12)14-17-16-13(23-14)9-4-3-5-10(8-9)18(21)22/h1-8H,(H,19,20). The first kappa shape index (κ1) is 14.4. The molecule has 0 saturated carbocycles. The molecular formula is C15H9N3O5. The zero-order valence-electron chi connectivity index (χ0n) is 11.5. The Labute approximate surface area is 129 Å². The van der Waals surface area contributed by atoms with Crippen molar-refractivity contribution in [1.29, 1.82) is 0 Å². The summed E-state index contributed by atoms with van der Waals surface area (Å²) in [6.07, 6.45) is 0. The molecule has 0 unspecified atom stereocenters. The summed E-state index contributed by atoms with van der Waals surface area (Å²) < 4.78 is 5.47. The summed E-state index contributed by atoms with van der Waals surface area (Å²) in [7, 11) is 0. The van der Waals surface area contributed by atoms with E-state index in [1.807, 2.05) is 0 Å². The van der Waals surface area contributed by atoms with Gasteiger partial charge in [0.1, 0.15) is 0 Å². The first-order valence-electron chi connectivity index (χ1n) is 6.47. The monoisotopic (exact) mass is 311 g/mol. The second kappa shape index (κ2) is 5.68. The molecule has 1 N–H and O–H groups in total. The number of benzene rings is 2. The van der Waals surface area contributed by atoms with Crippen LogP contribution in [-0.4, -0.2) is 26.2 Å². The van der Waals surface area contributed by atoms with E-state index in [1.165, 1.54) is 24.3 Å². The molecule has 0 aliphatic heterocycles. The third-order valence-corrected chi connectivity index (χ3v) is 3.12. The lowest BCUT2D eigenvalue weighted by molar-refractivity contribution is -0.384. The van der Waals surface area contributed by atoms with E-state index in [9.17, 15) is 20.0 Å². The topological polar surface area (TPSA) is 119 Å². The summed E-state index contributed by atoms with van der Waals surface area (Å²) in [6.45, 7) is 0. The lowest BCUT2D eigenvalue weighted by atomic mass is 10.1. The van der Waals surface area contributed by atoms with Gasteiger partial charge >= 0.3 is 5.97 Å². The van der Waals surface area contributed by atoms with Crippen molar-refractivity contribution in [2.75, 3.05) is 0 Å². The number of hydrogen-bond donors (Lipinski definition) is 1. The van der Waals surface area contributed by atoms with Crippen LogP contribution in [0.15, 0.2) is 52.9 Å². The highest BCUT2D eigenvalue weighted by molar-refractivity contribution is 5.94. The van der Waals surface area contributed by atoms with Gasteiger partial charge in [-0.2, -0.15) is 0 Å². The number of carboxylic acids is 1. The normalized spacial score (nSPS) is 10.4. The summed E-state index contributed by atoms with van der Waals surface area (Å²) in [5.41, 5.74) is 0.588. The Kier molecular flexibility index (Phi) is 3.55. The van der Waals surface area contributed by atoms with E-state index in [0.717, 1.165) is 0 Å². The Hall–Kier alpha value is -3.55. The average Bonchev–Trinajstić information content (AvgIpc) is 3.05. The molecule has 0 atom stereocenters. The van der Waals surface area contributed by atoms with Crippen LogP contribution in [-0.2, 0) is 0 Å². The number of nitro benzene ring substituents is 1. The van der Waals surface area contributed by atoms with Crippen molar-refractivity contribution in [3.63, 3.8) is 0 Å². The van der Waals surface area contributed by atoms with Crippen LogP contribution in [0.4, 0.5) is 5.69 Å². The third kappa shape index (κ3) is 2.77. The smallest absolute Gasteiger partial charge is 0.336 e. The molecule has 3 aromatic rings. The predicted molar refractivity (Wildman–Crippen MR) is 78.8 cm³/mol. The van der Waals surface area contributed by atoms with Crippen LogP contribution in [0.5, 0.6) is 0 Å². The van der Waals surface area contributed by atoms with Gasteiger partial charge in [0.15, 0.2) is 0 Å². The van der Waals surface area contributed by atoms with Crippen LogP contribution in [0.2, 0.25) is 0 Å². The molecule has 2 aromatic carbocycles. The van der Waals surface area contributed by atoms with E-state index in [1.54, 1.807) is 24.3 Å². The number of non-ortho nitro benzene ring substituents is 1. The van der Waals surface area contributed by atoms with Gasteiger partial charge in [-0.15, -0.1) is 10.2 Å². The maximum absolute atomic E-state index is 11.2. The second-order valence-corrected chi connectivity index (χ2v) is 4.57. The van der Waals surface area contributed by atoms with E-state index in [-0.39, 0.29) is 28.6 Å². The van der Waals surface area contributed by atoms with Crippen molar-refractivity contribution >= 4 is 11.7 Å². The van der Waals surface area contributed by atoms with Crippen molar-refractivity contribution in [3.8, 4) is 22.9 Å². The van der Waals surface area contributed by atoms with Crippen LogP contribution in [0, 0.1) is 10.1 Å². The molecule has 8 nitrogen and oxygen atoms in total. The fourth-order valence-electron chi connectivity index (χ4n) is 2.06. The van der Waals surface area contributed by atoms with E-state index in [0.29, 0.717) is 5.56 Å². The maximum atomic E-state index is 11.2. The molecule has 0 spiro atoms. The summed E-state index contributed by atoms with van der Waals surface area (Å²) >= 11 is 0. The molecule has 0 radical (unpaired) electrons. The fourth-order valence-corrected chi connectivity index (χ4v) is 2.06. The number of aromatic nitrogens is 2. The van der Waals surface area contributed by atoms with Crippen LogP contribution in [0.1, 0.15) is 10.4 Å². The van der Waals surface area contributed by atoms with Crippen molar-refractivity contribution in [2.24, 2.45) is 0 Å². The lowest BCUT2D eigenvalue weighted by Gasteiger charge is -2.00. The largest absolute Gasteiger partial charge is 0.478 e. The highest BCUT2D eigenvalue weighted by Gasteiger charge is 2.18. The number of carboxylic acid groups (broad SMARTS) is 1. The van der Waals surface area contributed by atoms with E-state index in [2.05, 4.69) is 10.2 Å². The highest BCUT2D eigenvalue weighted by atomic mass is 16.6. The molecule has 0 saturated heterocycles. The molecule has 1 heterocycles. The number of nitro groups is 1. The highest BCUT2D eigenvalue weighted by Crippen LogP contribution is 2.28. The second-order valence-electron chi connectivity index (χ2n) is 4.57. The summed E-state index contributed by atoms with van der Waals surface area (Å²) in [6, 6.07) is 12.0. The first-order chi connectivity index (χ1) is 11.1. The Morgan fingerprint density at radius 3 is 2.57 bits per heavy atom. The van der Waals surface area contributed by atoms with E-state index >= 15 is 0 Å². The summed E-state index contributed by atoms with van der Waals surface area (Å²) in [5, 5.41) is 27.6. The minimum absolute atomic E-state index is 0.0294. The Morgan fingerprint density at radius 2 is 1.83 bits per heavy atom. The van der Waals surface area contributed by atoms with Crippen molar-refractivity contribution in [2.45, 2.75) is 0 Å². The van der Waals surface area contributed by atoms with Gasteiger partial charge in [0.25, 0.3) is 5.69 Å². The average molecular weight is 311 g/mol. The molecule has 0 aliphatic rings. The SMILES string of the molecule is O=C(O)c1ccccc1-c1nnc(-c2cccc([N+](=O)[O-])c2)o1. The van der Waals surface area contributed by atoms with Crippen molar-refractivity contribution < 1.29 is 19.2 Å². The Balaban J connectivity index is 2.03. The number of hydrogen-bond acceptors (Lipinski definition) is 6. The van der Waals surface area contributed by atoms with Gasteiger partial charge in [0, 0.05) is 17.7 Å². The Bertz CT molecular complexity index is 903. The van der Waals surface area contributed by atoms with Gasteiger partial charge in [-0.3, -0.25) is 10.1 Å². The Morgan fingerprint density at radius 1 is 1.09 bits per heavy atom. The third-order valence-electron chi connectivity index (χ3n) is 3.12. The van der Waals surface area contributed by atoms with Crippen LogP contribution in [0.25, 0.3) is 22.9 Å². The number of nitrogens with zero attached hydrogens (tertiary/aromatic N) is 3. The lowest BCUT2D eigenvalue weighted by Crippen LogP contribution is -1.98. The molecule has 8 heteroatoms. The van der Waals surface area contributed by atoms with Crippen molar-refractivity contribution in [3.05, 3.63) is 64.2 Å². The van der Waals surface area contributed by atoms with Gasteiger partial charge in [-0.05, 0) is 18.2 Å². The molecule has 0 fully saturated rings. The molecule has 114 valence electrons. The molecule has 0 bridgehead atoms.